The third kappa shape index (κ3) is 10.0. The Balaban J connectivity index is 4.36. The predicted octanol–water partition coefficient (Wildman–Crippen LogP) is 4.87. The molecule has 0 saturated carbocycles. The molecule has 0 bridgehead atoms. The van der Waals surface area contributed by atoms with Crippen molar-refractivity contribution in [1.82, 2.24) is 0 Å². The lowest BCUT2D eigenvalue weighted by molar-refractivity contribution is 0.209. The van der Waals surface area contributed by atoms with Gasteiger partial charge in [-0.1, -0.05) is 52.3 Å². The molecular weight excluding hydrogens is 267 g/mol. The van der Waals surface area contributed by atoms with E-state index in [-0.39, 0.29) is 0 Å². The summed E-state index contributed by atoms with van der Waals surface area (Å²) in [5.74, 6) is 0. The molecule has 5 heteroatoms. The number of hydrogen-bond acceptors (Lipinski definition) is 4. The van der Waals surface area contributed by atoms with E-state index in [0.717, 1.165) is 25.7 Å². The molecular formula is C13H25O3PS. The molecule has 0 aromatic heterocycles. The van der Waals surface area contributed by atoms with Crippen molar-refractivity contribution in [2.24, 2.45) is 0 Å². The maximum Gasteiger partial charge on any atom is 0.406 e. The second-order valence-corrected chi connectivity index (χ2v) is 7.37. The lowest BCUT2D eigenvalue weighted by Gasteiger charge is -2.12. The first-order valence-corrected chi connectivity index (χ1v) is 9.03. The van der Waals surface area contributed by atoms with Crippen LogP contribution in [0.3, 0.4) is 0 Å². The van der Waals surface area contributed by atoms with Crippen LogP contribution in [0.2, 0.25) is 0 Å². The molecule has 0 unspecified atom stereocenters. The Morgan fingerprint density at radius 3 is 2.00 bits per heavy atom. The Morgan fingerprint density at radius 2 is 1.61 bits per heavy atom. The van der Waals surface area contributed by atoms with Gasteiger partial charge in [0.15, 0.2) is 0 Å². The summed E-state index contributed by atoms with van der Waals surface area (Å²) in [6, 6.07) is 0. The summed E-state index contributed by atoms with van der Waals surface area (Å²) in [5.41, 5.74) is 2.67. The molecule has 0 rings (SSSR count). The summed E-state index contributed by atoms with van der Waals surface area (Å²) < 4.78 is 23.0. The highest BCUT2D eigenvalue weighted by atomic mass is 32.2. The van der Waals surface area contributed by atoms with Crippen molar-refractivity contribution >= 4 is 19.4 Å². The van der Waals surface area contributed by atoms with Gasteiger partial charge in [-0.2, -0.15) is 0 Å². The van der Waals surface area contributed by atoms with E-state index >= 15 is 0 Å². The largest absolute Gasteiger partial charge is 0.406 e. The smallest absolute Gasteiger partial charge is 0.299 e. The maximum atomic E-state index is 12.3. The van der Waals surface area contributed by atoms with Gasteiger partial charge in [0, 0.05) is 10.9 Å². The number of thioether (sulfide) groups is 1. The monoisotopic (exact) mass is 292 g/mol. The Labute approximate surface area is 116 Å². The molecule has 0 saturated heterocycles. The third-order valence-corrected chi connectivity index (χ3v) is 4.27. The standard InChI is InChI=1S/C13H25O3PS/c1-5-7-9-15-17(14,16-10-8-6-2)11-12-18-13(3)4/h13H,5-10H2,1-4H3. The zero-order valence-electron chi connectivity index (χ0n) is 11.9. The minimum atomic E-state index is -3.22. The average Bonchev–Trinajstić information content (AvgIpc) is 2.29. The molecule has 0 N–H and O–H groups in total. The molecule has 0 aliphatic heterocycles. The van der Waals surface area contributed by atoms with Crippen molar-refractivity contribution in [3.8, 4) is 10.9 Å². The molecule has 0 atom stereocenters. The van der Waals surface area contributed by atoms with Crippen LogP contribution in [-0.4, -0.2) is 18.5 Å². The minimum absolute atomic E-state index is 0.386. The third-order valence-electron chi connectivity index (χ3n) is 2.00. The second kappa shape index (κ2) is 10.9. The topological polar surface area (TPSA) is 35.5 Å². The first kappa shape index (κ1) is 18.1. The second-order valence-electron chi connectivity index (χ2n) is 4.25. The van der Waals surface area contributed by atoms with E-state index in [4.69, 9.17) is 9.05 Å². The normalized spacial score (nSPS) is 11.4. The summed E-state index contributed by atoms with van der Waals surface area (Å²) in [6.07, 6.45) is 3.76. The summed E-state index contributed by atoms with van der Waals surface area (Å²) in [5, 5.41) is 3.22. The molecule has 0 amide bonds. The molecule has 106 valence electrons. The predicted molar refractivity (Wildman–Crippen MR) is 79.8 cm³/mol. The van der Waals surface area contributed by atoms with E-state index in [0.29, 0.717) is 18.5 Å². The van der Waals surface area contributed by atoms with Gasteiger partial charge in [0.25, 0.3) is 0 Å². The van der Waals surface area contributed by atoms with Crippen LogP contribution in [0.15, 0.2) is 0 Å². The van der Waals surface area contributed by atoms with E-state index in [9.17, 15) is 4.57 Å². The lowest BCUT2D eigenvalue weighted by Crippen LogP contribution is -1.97. The van der Waals surface area contributed by atoms with E-state index in [2.05, 4.69) is 24.8 Å². The molecule has 0 radical (unpaired) electrons. The van der Waals surface area contributed by atoms with Crippen molar-refractivity contribution in [3.05, 3.63) is 0 Å². The van der Waals surface area contributed by atoms with E-state index < -0.39 is 7.60 Å². The van der Waals surface area contributed by atoms with Crippen LogP contribution >= 0.6 is 19.4 Å². The van der Waals surface area contributed by atoms with Crippen molar-refractivity contribution in [3.63, 3.8) is 0 Å². The number of hydrogen-bond donors (Lipinski definition) is 0. The molecule has 0 aromatic carbocycles. The Bertz CT molecular complexity index is 293. The van der Waals surface area contributed by atoms with E-state index in [1.54, 1.807) is 0 Å². The van der Waals surface area contributed by atoms with Crippen LogP contribution < -0.4 is 0 Å². The molecule has 18 heavy (non-hydrogen) atoms. The molecule has 0 aromatic rings. The fourth-order valence-corrected chi connectivity index (χ4v) is 2.80. The van der Waals surface area contributed by atoms with Crippen LogP contribution in [0.5, 0.6) is 0 Å². The van der Waals surface area contributed by atoms with Gasteiger partial charge < -0.3 is 0 Å². The van der Waals surface area contributed by atoms with E-state index in [1.807, 2.05) is 13.8 Å². The van der Waals surface area contributed by atoms with Gasteiger partial charge >= 0.3 is 7.60 Å². The molecule has 0 spiro atoms. The van der Waals surface area contributed by atoms with Crippen LogP contribution in [0.1, 0.15) is 53.4 Å². The number of unbranched alkanes of at least 4 members (excludes halogenated alkanes) is 2. The lowest BCUT2D eigenvalue weighted by atomic mass is 10.4. The van der Waals surface area contributed by atoms with Gasteiger partial charge in [-0.3, -0.25) is 9.05 Å². The Morgan fingerprint density at radius 1 is 1.11 bits per heavy atom. The van der Waals surface area contributed by atoms with Gasteiger partial charge in [0.1, 0.15) is 0 Å². The van der Waals surface area contributed by atoms with Crippen molar-refractivity contribution in [1.29, 1.82) is 0 Å². The van der Waals surface area contributed by atoms with Crippen LogP contribution in [-0.2, 0) is 13.6 Å². The highest BCUT2D eigenvalue weighted by Crippen LogP contribution is 2.47. The maximum absolute atomic E-state index is 12.3. The van der Waals surface area contributed by atoms with E-state index in [1.165, 1.54) is 11.8 Å². The first-order chi connectivity index (χ1) is 8.54. The fourth-order valence-electron chi connectivity index (χ4n) is 0.960. The highest BCUT2D eigenvalue weighted by molar-refractivity contribution is 8.04. The average molecular weight is 292 g/mol. The quantitative estimate of drug-likeness (QED) is 0.345. The van der Waals surface area contributed by atoms with Gasteiger partial charge in [0.2, 0.25) is 0 Å². The van der Waals surface area contributed by atoms with Gasteiger partial charge in [-0.25, -0.2) is 4.57 Å². The van der Waals surface area contributed by atoms with Crippen LogP contribution in [0.4, 0.5) is 0 Å². The van der Waals surface area contributed by atoms with Gasteiger partial charge in [-0.05, 0) is 18.1 Å². The Hall–Kier alpha value is 0.0600. The molecule has 0 fully saturated rings. The SMILES string of the molecule is CCCCOP(=O)(C#CSC(C)C)OCCCC. The first-order valence-electron chi connectivity index (χ1n) is 6.61. The zero-order chi connectivity index (χ0) is 13.9. The van der Waals surface area contributed by atoms with Crippen LogP contribution in [0.25, 0.3) is 0 Å². The van der Waals surface area contributed by atoms with Crippen molar-refractivity contribution < 1.29 is 13.6 Å². The molecule has 0 heterocycles. The highest BCUT2D eigenvalue weighted by Gasteiger charge is 2.21. The summed E-state index contributed by atoms with van der Waals surface area (Å²) in [6.45, 7) is 9.10. The van der Waals surface area contributed by atoms with Crippen molar-refractivity contribution in [2.75, 3.05) is 13.2 Å². The molecule has 0 aliphatic carbocycles. The van der Waals surface area contributed by atoms with Gasteiger partial charge in [0.05, 0.1) is 13.2 Å². The fraction of sp³-hybridized carbons (Fsp3) is 0.846. The summed E-state index contributed by atoms with van der Waals surface area (Å²) >= 11 is 1.44. The van der Waals surface area contributed by atoms with Crippen LogP contribution in [0, 0.1) is 10.9 Å². The Kier molecular flexibility index (Phi) is 11.0. The molecule has 3 nitrogen and oxygen atoms in total. The number of rotatable bonds is 9. The van der Waals surface area contributed by atoms with Gasteiger partial charge in [-0.15, -0.1) is 0 Å². The molecule has 0 aliphatic rings. The van der Waals surface area contributed by atoms with Crippen molar-refractivity contribution in [2.45, 2.75) is 58.6 Å². The zero-order valence-corrected chi connectivity index (χ0v) is 13.6. The summed E-state index contributed by atoms with van der Waals surface area (Å²) in [7, 11) is -3.22. The minimum Gasteiger partial charge on any atom is -0.299 e. The summed E-state index contributed by atoms with van der Waals surface area (Å²) in [4.78, 5) is 0.